The number of carbonyl (C=O) groups is 1. The monoisotopic (exact) mass is 372 g/mol. The molecule has 0 fully saturated rings. The predicted molar refractivity (Wildman–Crippen MR) is 117 cm³/mol. The van der Waals surface area contributed by atoms with Crippen molar-refractivity contribution in [3.05, 3.63) is 35.4 Å². The van der Waals surface area contributed by atoms with Crippen molar-refractivity contribution in [1.29, 1.82) is 0 Å². The number of aromatic hydroxyl groups is 1. The van der Waals surface area contributed by atoms with E-state index in [2.05, 4.69) is 6.92 Å². The number of unbranched alkanes of at least 4 members (excludes halogenated alkanes) is 12. The van der Waals surface area contributed by atoms with Crippen LogP contribution in [0.2, 0.25) is 0 Å². The molecule has 0 radical (unpaired) electrons. The van der Waals surface area contributed by atoms with E-state index in [1.807, 2.05) is 18.2 Å². The largest absolute Gasteiger partial charge is 0.508 e. The molecule has 1 aromatic carbocycles. The fourth-order valence-electron chi connectivity index (χ4n) is 3.51. The predicted octanol–water partition coefficient (Wildman–Crippen LogP) is 7.63. The molecule has 0 bridgehead atoms. The molecule has 27 heavy (non-hydrogen) atoms. The maximum absolute atomic E-state index is 11.1. The molecule has 0 unspecified atom stereocenters. The summed E-state index contributed by atoms with van der Waals surface area (Å²) in [6, 6.07) is 5.42. The Balaban J connectivity index is 2.10. The van der Waals surface area contributed by atoms with Gasteiger partial charge in [-0.05, 0) is 49.1 Å². The second kappa shape index (κ2) is 15.5. The summed E-state index contributed by atoms with van der Waals surface area (Å²) in [4.78, 5) is 11.1. The lowest BCUT2D eigenvalue weighted by Crippen LogP contribution is -1.91. The number of phenolic OH excluding ortho intramolecular Hbond substituents is 1. The Hall–Kier alpha value is -1.57. The van der Waals surface area contributed by atoms with Crippen molar-refractivity contribution in [2.24, 2.45) is 0 Å². The van der Waals surface area contributed by atoms with Gasteiger partial charge < -0.3 is 5.11 Å². The quantitative estimate of drug-likeness (QED) is 0.239. The highest BCUT2D eigenvalue weighted by Gasteiger charge is 2.02. The number of rotatable bonds is 16. The third-order valence-electron chi connectivity index (χ3n) is 5.17. The molecule has 0 spiro atoms. The summed E-state index contributed by atoms with van der Waals surface area (Å²) in [5, 5.41) is 9.73. The van der Waals surface area contributed by atoms with Gasteiger partial charge >= 0.3 is 0 Å². The van der Waals surface area contributed by atoms with E-state index in [9.17, 15) is 9.90 Å². The smallest absolute Gasteiger partial charge is 0.152 e. The van der Waals surface area contributed by atoms with E-state index in [4.69, 9.17) is 0 Å². The van der Waals surface area contributed by atoms with Gasteiger partial charge in [0.25, 0.3) is 0 Å². The van der Waals surface area contributed by atoms with Crippen LogP contribution in [0.1, 0.15) is 108 Å². The number of phenols is 1. The summed E-state index contributed by atoms with van der Waals surface area (Å²) in [5.41, 5.74) is 2.18. The average molecular weight is 373 g/mol. The molecule has 0 saturated carbocycles. The molecule has 152 valence electrons. The molecule has 0 aromatic heterocycles. The van der Waals surface area contributed by atoms with Crippen molar-refractivity contribution in [3.8, 4) is 5.75 Å². The van der Waals surface area contributed by atoms with Gasteiger partial charge in [0.05, 0.1) is 0 Å². The van der Waals surface area contributed by atoms with Crippen LogP contribution in [-0.2, 0) is 11.2 Å². The summed E-state index contributed by atoms with van der Waals surface area (Å²) in [6.45, 7) is 3.83. The zero-order chi connectivity index (χ0) is 19.7. The van der Waals surface area contributed by atoms with Crippen LogP contribution >= 0.6 is 0 Å². The lowest BCUT2D eigenvalue weighted by molar-refractivity contribution is -0.112. The summed E-state index contributed by atoms with van der Waals surface area (Å²) in [6.07, 6.45) is 22.0. The Labute approximate surface area is 167 Å². The highest BCUT2D eigenvalue weighted by molar-refractivity contribution is 5.91. The number of benzene rings is 1. The van der Waals surface area contributed by atoms with Crippen LogP contribution in [0.3, 0.4) is 0 Å². The number of hydrogen-bond donors (Lipinski definition) is 1. The molecule has 0 atom stereocenters. The van der Waals surface area contributed by atoms with Crippen LogP contribution < -0.4 is 0 Å². The third kappa shape index (κ3) is 12.4. The van der Waals surface area contributed by atoms with Crippen molar-refractivity contribution < 1.29 is 9.90 Å². The van der Waals surface area contributed by atoms with Crippen LogP contribution in [0, 0.1) is 0 Å². The SMILES string of the molecule is CCCCCCCCCCCCCCCc1cc(O)ccc1/C=C/C(C)=O. The van der Waals surface area contributed by atoms with E-state index in [1.54, 1.807) is 19.1 Å². The lowest BCUT2D eigenvalue weighted by Gasteiger charge is -2.07. The molecular formula is C25H40O2. The van der Waals surface area contributed by atoms with Crippen molar-refractivity contribution in [2.45, 2.75) is 104 Å². The van der Waals surface area contributed by atoms with Crippen molar-refractivity contribution >= 4 is 11.9 Å². The van der Waals surface area contributed by atoms with E-state index < -0.39 is 0 Å². The van der Waals surface area contributed by atoms with Gasteiger partial charge in [-0.15, -0.1) is 0 Å². The molecule has 0 aliphatic heterocycles. The minimum atomic E-state index is 0.0509. The Bertz CT molecular complexity index is 545. The lowest BCUT2D eigenvalue weighted by atomic mass is 9.99. The molecule has 0 heterocycles. The van der Waals surface area contributed by atoms with Crippen molar-refractivity contribution in [2.75, 3.05) is 0 Å². The van der Waals surface area contributed by atoms with Crippen LogP contribution in [0.25, 0.3) is 6.08 Å². The van der Waals surface area contributed by atoms with Crippen LogP contribution in [-0.4, -0.2) is 10.9 Å². The number of allylic oxidation sites excluding steroid dienone is 1. The minimum Gasteiger partial charge on any atom is -0.508 e. The second-order valence-electron chi connectivity index (χ2n) is 7.82. The first kappa shape index (κ1) is 23.5. The average Bonchev–Trinajstić information content (AvgIpc) is 2.64. The van der Waals surface area contributed by atoms with Gasteiger partial charge in [0.2, 0.25) is 0 Å². The van der Waals surface area contributed by atoms with Gasteiger partial charge in [-0.1, -0.05) is 96.1 Å². The fourth-order valence-corrected chi connectivity index (χ4v) is 3.51. The maximum atomic E-state index is 11.1. The second-order valence-corrected chi connectivity index (χ2v) is 7.82. The Morgan fingerprint density at radius 2 is 1.37 bits per heavy atom. The highest BCUT2D eigenvalue weighted by atomic mass is 16.3. The van der Waals surface area contributed by atoms with Crippen LogP contribution in [0.4, 0.5) is 0 Å². The Morgan fingerprint density at radius 3 is 1.89 bits per heavy atom. The summed E-state index contributed by atoms with van der Waals surface area (Å²) in [7, 11) is 0. The summed E-state index contributed by atoms with van der Waals surface area (Å²) < 4.78 is 0. The number of hydrogen-bond acceptors (Lipinski definition) is 2. The van der Waals surface area contributed by atoms with Gasteiger partial charge in [-0.3, -0.25) is 4.79 Å². The number of ketones is 1. The number of carbonyl (C=O) groups excluding carboxylic acids is 1. The first-order valence-corrected chi connectivity index (χ1v) is 11.1. The fraction of sp³-hybridized carbons (Fsp3) is 0.640. The molecule has 2 nitrogen and oxygen atoms in total. The maximum Gasteiger partial charge on any atom is 0.152 e. The van der Waals surface area contributed by atoms with Crippen LogP contribution in [0.5, 0.6) is 5.75 Å². The van der Waals surface area contributed by atoms with Crippen molar-refractivity contribution in [3.63, 3.8) is 0 Å². The van der Waals surface area contributed by atoms with E-state index in [1.165, 1.54) is 77.0 Å². The molecule has 0 aliphatic rings. The molecule has 0 saturated heterocycles. The molecule has 1 N–H and O–H groups in total. The van der Waals surface area contributed by atoms with Gasteiger partial charge in [-0.2, -0.15) is 0 Å². The first-order valence-electron chi connectivity index (χ1n) is 11.1. The molecule has 0 aliphatic carbocycles. The summed E-state index contributed by atoms with van der Waals surface area (Å²) >= 11 is 0. The van der Waals surface area contributed by atoms with E-state index in [0.29, 0.717) is 5.75 Å². The van der Waals surface area contributed by atoms with E-state index >= 15 is 0 Å². The van der Waals surface area contributed by atoms with Crippen LogP contribution in [0.15, 0.2) is 24.3 Å². The summed E-state index contributed by atoms with van der Waals surface area (Å²) in [5.74, 6) is 0.356. The zero-order valence-corrected chi connectivity index (χ0v) is 17.6. The third-order valence-corrected chi connectivity index (χ3v) is 5.17. The van der Waals surface area contributed by atoms with E-state index in [-0.39, 0.29) is 5.78 Å². The standard InChI is InChI=1S/C25H40O2/c1-3-4-5-6-7-8-9-10-11-12-13-14-15-16-24-21-25(27)20-19-23(24)18-17-22(2)26/h17-21,27H,3-16H2,1-2H3/b18-17+. The Morgan fingerprint density at radius 1 is 0.852 bits per heavy atom. The molecule has 0 amide bonds. The van der Waals surface area contributed by atoms with Gasteiger partial charge in [0.15, 0.2) is 5.78 Å². The molecule has 1 aromatic rings. The molecule has 1 rings (SSSR count). The molecule has 2 heteroatoms. The van der Waals surface area contributed by atoms with E-state index in [0.717, 1.165) is 24.0 Å². The highest BCUT2D eigenvalue weighted by Crippen LogP contribution is 2.21. The van der Waals surface area contributed by atoms with Gasteiger partial charge in [-0.25, -0.2) is 0 Å². The van der Waals surface area contributed by atoms with Gasteiger partial charge in [0.1, 0.15) is 5.75 Å². The zero-order valence-electron chi connectivity index (χ0n) is 17.6. The molecular weight excluding hydrogens is 332 g/mol. The van der Waals surface area contributed by atoms with Gasteiger partial charge in [0, 0.05) is 0 Å². The normalized spacial score (nSPS) is 11.3. The minimum absolute atomic E-state index is 0.0509. The first-order chi connectivity index (χ1) is 13.1. The number of aryl methyl sites for hydroxylation is 1. The topological polar surface area (TPSA) is 37.3 Å². The Kier molecular flexibility index (Phi) is 13.5. The van der Waals surface area contributed by atoms with Crippen molar-refractivity contribution in [1.82, 2.24) is 0 Å².